The van der Waals surface area contributed by atoms with Gasteiger partial charge in [-0.3, -0.25) is 9.78 Å². The number of carbonyl (C=O) groups is 2. The third-order valence-electron chi connectivity index (χ3n) is 3.31. The van der Waals surface area contributed by atoms with Gasteiger partial charge in [0.15, 0.2) is 0 Å². The summed E-state index contributed by atoms with van der Waals surface area (Å²) in [4.78, 5) is 31.2. The molecule has 0 aromatic carbocycles. The molecule has 3 amide bonds. The van der Waals surface area contributed by atoms with Crippen molar-refractivity contribution in [3.05, 3.63) is 36.2 Å². The fourth-order valence-electron chi connectivity index (χ4n) is 2.14. The molecule has 6 nitrogen and oxygen atoms in total. The maximum Gasteiger partial charge on any atom is 0.317 e. The highest BCUT2D eigenvalue weighted by molar-refractivity contribution is 5.91. The van der Waals surface area contributed by atoms with Gasteiger partial charge in [0.1, 0.15) is 0 Å². The van der Waals surface area contributed by atoms with E-state index in [0.29, 0.717) is 32.7 Å². The highest BCUT2D eigenvalue weighted by atomic mass is 16.2. The molecule has 0 atom stereocenters. The zero-order chi connectivity index (χ0) is 15.1. The van der Waals surface area contributed by atoms with Crippen molar-refractivity contribution in [1.29, 1.82) is 0 Å². The monoisotopic (exact) mass is 288 g/mol. The first kappa shape index (κ1) is 15.0. The molecule has 2 heterocycles. The predicted octanol–water partition coefficient (Wildman–Crippen LogP) is 0.968. The van der Waals surface area contributed by atoms with Crippen molar-refractivity contribution in [3.8, 4) is 0 Å². The van der Waals surface area contributed by atoms with Gasteiger partial charge in [-0.15, -0.1) is 0 Å². The van der Waals surface area contributed by atoms with Crippen molar-refractivity contribution in [1.82, 2.24) is 20.1 Å². The molecule has 0 spiro atoms. The minimum atomic E-state index is -0.0597. The van der Waals surface area contributed by atoms with Crippen LogP contribution in [0.2, 0.25) is 0 Å². The number of hydrogen-bond acceptors (Lipinski definition) is 3. The van der Waals surface area contributed by atoms with Crippen LogP contribution in [0.3, 0.4) is 0 Å². The van der Waals surface area contributed by atoms with Crippen LogP contribution in [0.5, 0.6) is 0 Å². The second kappa shape index (κ2) is 7.42. The van der Waals surface area contributed by atoms with E-state index in [-0.39, 0.29) is 11.9 Å². The Morgan fingerprint density at radius 3 is 2.62 bits per heavy atom. The molecule has 1 aromatic rings. The Kier molecular flexibility index (Phi) is 5.31. The van der Waals surface area contributed by atoms with E-state index in [0.717, 1.165) is 5.56 Å². The Bertz CT molecular complexity index is 508. The lowest BCUT2D eigenvalue weighted by atomic mass is 10.2. The van der Waals surface area contributed by atoms with E-state index < -0.39 is 0 Å². The number of urea groups is 1. The van der Waals surface area contributed by atoms with E-state index in [2.05, 4.69) is 10.3 Å². The van der Waals surface area contributed by atoms with Crippen LogP contribution < -0.4 is 5.32 Å². The van der Waals surface area contributed by atoms with Crippen LogP contribution in [0.25, 0.3) is 6.08 Å². The smallest absolute Gasteiger partial charge is 0.317 e. The lowest BCUT2D eigenvalue weighted by Crippen LogP contribution is -2.52. The van der Waals surface area contributed by atoms with Crippen LogP contribution in [0.15, 0.2) is 30.6 Å². The molecule has 6 heteroatoms. The molecule has 0 unspecified atom stereocenters. The van der Waals surface area contributed by atoms with Crippen molar-refractivity contribution >= 4 is 18.0 Å². The first-order chi connectivity index (χ1) is 10.2. The number of nitrogens with zero attached hydrogens (tertiary/aromatic N) is 3. The van der Waals surface area contributed by atoms with Gasteiger partial charge >= 0.3 is 6.03 Å². The van der Waals surface area contributed by atoms with Gasteiger partial charge in [-0.05, 0) is 24.6 Å². The second-order valence-corrected chi connectivity index (χ2v) is 4.77. The number of carbonyl (C=O) groups excluding carboxylic acids is 2. The van der Waals surface area contributed by atoms with Crippen LogP contribution in [0.1, 0.15) is 12.5 Å². The summed E-state index contributed by atoms with van der Waals surface area (Å²) in [6, 6.07) is 3.66. The summed E-state index contributed by atoms with van der Waals surface area (Å²) in [6.45, 7) is 4.77. The minimum Gasteiger partial charge on any atom is -0.338 e. The number of hydrogen-bond donors (Lipinski definition) is 1. The lowest BCUT2D eigenvalue weighted by molar-refractivity contribution is -0.127. The average Bonchev–Trinajstić information content (AvgIpc) is 2.54. The van der Waals surface area contributed by atoms with Gasteiger partial charge < -0.3 is 15.1 Å². The first-order valence-electron chi connectivity index (χ1n) is 7.10. The van der Waals surface area contributed by atoms with Crippen LogP contribution in [0.4, 0.5) is 4.79 Å². The highest BCUT2D eigenvalue weighted by Crippen LogP contribution is 2.05. The maximum atomic E-state index is 12.1. The van der Waals surface area contributed by atoms with Crippen molar-refractivity contribution in [2.45, 2.75) is 6.92 Å². The number of pyridine rings is 1. The Hall–Kier alpha value is -2.37. The average molecular weight is 288 g/mol. The normalized spacial score (nSPS) is 15.3. The quantitative estimate of drug-likeness (QED) is 0.843. The number of aromatic nitrogens is 1. The largest absolute Gasteiger partial charge is 0.338 e. The Labute approximate surface area is 124 Å². The van der Waals surface area contributed by atoms with Gasteiger partial charge in [0, 0.05) is 51.2 Å². The molecule has 112 valence electrons. The fraction of sp³-hybridized carbons (Fsp3) is 0.400. The van der Waals surface area contributed by atoms with E-state index >= 15 is 0 Å². The topological polar surface area (TPSA) is 65.5 Å². The van der Waals surface area contributed by atoms with Crippen molar-refractivity contribution in [2.75, 3.05) is 32.7 Å². The minimum absolute atomic E-state index is 0.0330. The van der Waals surface area contributed by atoms with Crippen molar-refractivity contribution in [3.63, 3.8) is 0 Å². The summed E-state index contributed by atoms with van der Waals surface area (Å²) < 4.78 is 0. The third-order valence-corrected chi connectivity index (χ3v) is 3.31. The standard InChI is InChI=1S/C15H20N4O2/c1-2-17-15(21)19-10-8-18(9-11-19)14(20)6-5-13-4-3-7-16-12-13/h3-7,12H,2,8-11H2,1H3,(H,17,21)/b6-5+. The van der Waals surface area contributed by atoms with E-state index in [4.69, 9.17) is 0 Å². The van der Waals surface area contributed by atoms with Gasteiger partial charge in [0.05, 0.1) is 0 Å². The van der Waals surface area contributed by atoms with Gasteiger partial charge in [-0.25, -0.2) is 4.79 Å². The van der Waals surface area contributed by atoms with E-state index in [9.17, 15) is 9.59 Å². The van der Waals surface area contributed by atoms with Crippen LogP contribution in [-0.2, 0) is 4.79 Å². The molecule has 1 aromatic heterocycles. The molecule has 0 saturated carbocycles. The summed E-state index contributed by atoms with van der Waals surface area (Å²) in [5.74, 6) is -0.0330. The van der Waals surface area contributed by atoms with Gasteiger partial charge in [0.25, 0.3) is 0 Å². The SMILES string of the molecule is CCNC(=O)N1CCN(C(=O)/C=C/c2cccnc2)CC1. The second-order valence-electron chi connectivity index (χ2n) is 4.77. The van der Waals surface area contributed by atoms with E-state index in [1.165, 1.54) is 0 Å². The number of nitrogens with one attached hydrogen (secondary N) is 1. The zero-order valence-corrected chi connectivity index (χ0v) is 12.2. The highest BCUT2D eigenvalue weighted by Gasteiger charge is 2.22. The number of amides is 3. The molecule has 1 fully saturated rings. The van der Waals surface area contributed by atoms with Gasteiger partial charge in [-0.2, -0.15) is 0 Å². The zero-order valence-electron chi connectivity index (χ0n) is 12.2. The van der Waals surface area contributed by atoms with Crippen molar-refractivity contribution < 1.29 is 9.59 Å². The molecular formula is C15H20N4O2. The lowest BCUT2D eigenvalue weighted by Gasteiger charge is -2.34. The van der Waals surface area contributed by atoms with Gasteiger partial charge in [-0.1, -0.05) is 6.07 Å². The summed E-state index contributed by atoms with van der Waals surface area (Å²) >= 11 is 0. The Morgan fingerprint density at radius 2 is 2.00 bits per heavy atom. The van der Waals surface area contributed by atoms with Crippen LogP contribution >= 0.6 is 0 Å². The molecule has 1 N–H and O–H groups in total. The van der Waals surface area contributed by atoms with Crippen molar-refractivity contribution in [2.24, 2.45) is 0 Å². The summed E-state index contributed by atoms with van der Waals surface area (Å²) in [5.41, 5.74) is 0.895. The first-order valence-corrected chi connectivity index (χ1v) is 7.10. The van der Waals surface area contributed by atoms with Gasteiger partial charge in [0.2, 0.25) is 5.91 Å². The summed E-state index contributed by atoms with van der Waals surface area (Å²) in [5, 5.41) is 2.77. The number of piperazine rings is 1. The molecule has 0 bridgehead atoms. The van der Waals surface area contributed by atoms with Crippen LogP contribution in [0, 0.1) is 0 Å². The molecular weight excluding hydrogens is 268 g/mol. The summed E-state index contributed by atoms with van der Waals surface area (Å²) in [7, 11) is 0. The van der Waals surface area contributed by atoms with E-state index in [1.807, 2.05) is 19.1 Å². The molecule has 0 aliphatic carbocycles. The Morgan fingerprint density at radius 1 is 1.29 bits per heavy atom. The fourth-order valence-corrected chi connectivity index (χ4v) is 2.14. The molecule has 1 aliphatic heterocycles. The van der Waals surface area contributed by atoms with E-state index in [1.54, 1.807) is 34.3 Å². The summed E-state index contributed by atoms with van der Waals surface area (Å²) in [6.07, 6.45) is 6.71. The maximum absolute atomic E-state index is 12.1. The molecule has 0 radical (unpaired) electrons. The molecule has 1 aliphatic rings. The molecule has 21 heavy (non-hydrogen) atoms. The number of rotatable bonds is 3. The molecule has 1 saturated heterocycles. The third kappa shape index (κ3) is 4.30. The van der Waals surface area contributed by atoms with Crippen LogP contribution in [-0.4, -0.2) is 59.4 Å². The predicted molar refractivity (Wildman–Crippen MR) is 80.5 cm³/mol. The Balaban J connectivity index is 1.83. The molecule has 2 rings (SSSR count).